The van der Waals surface area contributed by atoms with E-state index in [4.69, 9.17) is 4.98 Å². The van der Waals surface area contributed by atoms with Crippen LogP contribution in [0.2, 0.25) is 0 Å². The summed E-state index contributed by atoms with van der Waals surface area (Å²) < 4.78 is 0. The second-order valence-corrected chi connectivity index (χ2v) is 6.96. The van der Waals surface area contributed by atoms with Crippen LogP contribution in [0.4, 0.5) is 0 Å². The highest BCUT2D eigenvalue weighted by atomic mass is 32.1. The minimum absolute atomic E-state index is 0.411. The molecule has 1 aromatic rings. The summed E-state index contributed by atoms with van der Waals surface area (Å²) >= 11 is 1.90. The highest BCUT2D eigenvalue weighted by Crippen LogP contribution is 2.53. The SMILES string of the molecule is CCCNC(C)c1csc(C2CC3CCC2C3)n1. The van der Waals surface area contributed by atoms with Crippen molar-refractivity contribution in [3.63, 3.8) is 0 Å². The van der Waals surface area contributed by atoms with E-state index in [2.05, 4.69) is 24.5 Å². The molecule has 1 aromatic heterocycles. The topological polar surface area (TPSA) is 24.9 Å². The first-order chi connectivity index (χ1) is 8.78. The van der Waals surface area contributed by atoms with Crippen LogP contribution in [0.1, 0.15) is 68.6 Å². The summed E-state index contributed by atoms with van der Waals surface area (Å²) in [6, 6.07) is 0.411. The molecule has 1 N–H and O–H groups in total. The molecule has 2 aliphatic carbocycles. The third kappa shape index (κ3) is 2.35. The van der Waals surface area contributed by atoms with Crippen molar-refractivity contribution in [2.45, 2.75) is 57.9 Å². The number of aromatic nitrogens is 1. The number of thiazole rings is 1. The molecule has 0 radical (unpaired) electrons. The van der Waals surface area contributed by atoms with Crippen molar-refractivity contribution in [3.05, 3.63) is 16.1 Å². The monoisotopic (exact) mass is 264 g/mol. The second kappa shape index (κ2) is 5.30. The molecule has 4 unspecified atom stereocenters. The Morgan fingerprint density at radius 2 is 2.33 bits per heavy atom. The maximum absolute atomic E-state index is 4.92. The molecule has 3 rings (SSSR count). The van der Waals surface area contributed by atoms with E-state index in [0.717, 1.165) is 24.3 Å². The van der Waals surface area contributed by atoms with E-state index in [1.165, 1.54) is 42.8 Å². The van der Waals surface area contributed by atoms with Crippen molar-refractivity contribution in [1.29, 1.82) is 0 Å². The predicted octanol–water partition coefficient (Wildman–Crippen LogP) is 4.11. The minimum atomic E-state index is 0.411. The lowest BCUT2D eigenvalue weighted by Crippen LogP contribution is -2.19. The number of nitrogens with one attached hydrogen (secondary N) is 1. The molecule has 4 atom stereocenters. The molecule has 18 heavy (non-hydrogen) atoms. The molecule has 2 aliphatic rings. The van der Waals surface area contributed by atoms with Gasteiger partial charge in [0.1, 0.15) is 0 Å². The van der Waals surface area contributed by atoms with E-state index in [1.54, 1.807) is 0 Å². The normalized spacial score (nSPS) is 32.0. The van der Waals surface area contributed by atoms with Gasteiger partial charge in [-0.05, 0) is 51.0 Å². The number of nitrogens with zero attached hydrogens (tertiary/aromatic N) is 1. The van der Waals surface area contributed by atoms with Crippen molar-refractivity contribution >= 4 is 11.3 Å². The fourth-order valence-electron chi connectivity index (χ4n) is 3.68. The van der Waals surface area contributed by atoms with Crippen LogP contribution in [0.5, 0.6) is 0 Å². The molecule has 3 heteroatoms. The van der Waals surface area contributed by atoms with Crippen LogP contribution in [0.25, 0.3) is 0 Å². The van der Waals surface area contributed by atoms with Gasteiger partial charge in [-0.3, -0.25) is 0 Å². The molecule has 100 valence electrons. The molecular weight excluding hydrogens is 240 g/mol. The first kappa shape index (κ1) is 12.6. The fourth-order valence-corrected chi connectivity index (χ4v) is 4.80. The summed E-state index contributed by atoms with van der Waals surface area (Å²) in [6.45, 7) is 5.53. The van der Waals surface area contributed by atoms with Crippen molar-refractivity contribution < 1.29 is 0 Å². The zero-order valence-corrected chi connectivity index (χ0v) is 12.3. The standard InChI is InChI=1S/C15H24N2S/c1-3-6-16-10(2)14-9-18-15(17-14)13-8-11-4-5-12(13)7-11/h9-13,16H,3-8H2,1-2H3. The maximum Gasteiger partial charge on any atom is 0.0962 e. The summed E-state index contributed by atoms with van der Waals surface area (Å²) in [5.41, 5.74) is 1.26. The van der Waals surface area contributed by atoms with Crippen LogP contribution in [0, 0.1) is 11.8 Å². The highest BCUT2D eigenvalue weighted by molar-refractivity contribution is 7.09. The first-order valence-electron chi connectivity index (χ1n) is 7.46. The molecule has 0 aliphatic heterocycles. The van der Waals surface area contributed by atoms with Gasteiger partial charge in [0.2, 0.25) is 0 Å². The van der Waals surface area contributed by atoms with Crippen molar-refractivity contribution in [2.24, 2.45) is 11.8 Å². The Morgan fingerprint density at radius 3 is 3.00 bits per heavy atom. The smallest absolute Gasteiger partial charge is 0.0962 e. The van der Waals surface area contributed by atoms with E-state index < -0.39 is 0 Å². The second-order valence-electron chi connectivity index (χ2n) is 6.07. The molecule has 1 heterocycles. The van der Waals surface area contributed by atoms with Gasteiger partial charge in [-0.1, -0.05) is 13.3 Å². The van der Waals surface area contributed by atoms with Crippen molar-refractivity contribution in [1.82, 2.24) is 10.3 Å². The Morgan fingerprint density at radius 1 is 1.44 bits per heavy atom. The van der Waals surface area contributed by atoms with Gasteiger partial charge in [0.25, 0.3) is 0 Å². The van der Waals surface area contributed by atoms with E-state index in [0.29, 0.717) is 6.04 Å². The van der Waals surface area contributed by atoms with Gasteiger partial charge in [0.15, 0.2) is 0 Å². The highest BCUT2D eigenvalue weighted by Gasteiger charge is 2.41. The molecule has 2 bridgehead atoms. The Hall–Kier alpha value is -0.410. The van der Waals surface area contributed by atoms with E-state index in [9.17, 15) is 0 Å². The van der Waals surface area contributed by atoms with Gasteiger partial charge in [-0.2, -0.15) is 0 Å². The largest absolute Gasteiger partial charge is 0.309 e. The van der Waals surface area contributed by atoms with Gasteiger partial charge in [0, 0.05) is 17.3 Å². The maximum atomic E-state index is 4.92. The third-order valence-electron chi connectivity index (χ3n) is 4.74. The predicted molar refractivity (Wildman–Crippen MR) is 77.0 cm³/mol. The summed E-state index contributed by atoms with van der Waals surface area (Å²) in [5.74, 6) is 2.76. The molecule has 0 amide bonds. The van der Waals surface area contributed by atoms with Gasteiger partial charge in [0.05, 0.1) is 10.7 Å². The number of rotatable bonds is 5. The Kier molecular flexibility index (Phi) is 3.71. The molecule has 2 fully saturated rings. The van der Waals surface area contributed by atoms with Crippen LogP contribution >= 0.6 is 11.3 Å². The quantitative estimate of drug-likeness (QED) is 0.866. The summed E-state index contributed by atoms with van der Waals surface area (Å²) in [7, 11) is 0. The van der Waals surface area contributed by atoms with Crippen LogP contribution in [-0.4, -0.2) is 11.5 Å². The zero-order chi connectivity index (χ0) is 12.5. The van der Waals surface area contributed by atoms with Gasteiger partial charge in [-0.15, -0.1) is 11.3 Å². The Balaban J connectivity index is 1.66. The van der Waals surface area contributed by atoms with Crippen LogP contribution in [0.15, 0.2) is 5.38 Å². The average molecular weight is 264 g/mol. The van der Waals surface area contributed by atoms with Crippen LogP contribution in [-0.2, 0) is 0 Å². The van der Waals surface area contributed by atoms with Gasteiger partial charge < -0.3 is 5.32 Å². The van der Waals surface area contributed by atoms with Crippen LogP contribution < -0.4 is 5.32 Å². The molecule has 2 saturated carbocycles. The van der Waals surface area contributed by atoms with Gasteiger partial charge >= 0.3 is 0 Å². The van der Waals surface area contributed by atoms with Crippen molar-refractivity contribution in [3.8, 4) is 0 Å². The Labute approximate surface area is 114 Å². The number of hydrogen-bond donors (Lipinski definition) is 1. The van der Waals surface area contributed by atoms with Gasteiger partial charge in [-0.25, -0.2) is 4.98 Å². The number of hydrogen-bond acceptors (Lipinski definition) is 3. The molecule has 0 saturated heterocycles. The van der Waals surface area contributed by atoms with Crippen LogP contribution in [0.3, 0.4) is 0 Å². The lowest BCUT2D eigenvalue weighted by molar-refractivity contribution is 0.417. The lowest BCUT2D eigenvalue weighted by Gasteiger charge is -2.19. The third-order valence-corrected chi connectivity index (χ3v) is 5.73. The Bertz CT molecular complexity index is 401. The summed E-state index contributed by atoms with van der Waals surface area (Å²) in [6.07, 6.45) is 7.01. The molecular formula is C15H24N2S. The zero-order valence-electron chi connectivity index (χ0n) is 11.5. The summed E-state index contributed by atoms with van der Waals surface area (Å²) in [5, 5.41) is 7.22. The molecule has 0 aromatic carbocycles. The minimum Gasteiger partial charge on any atom is -0.309 e. The van der Waals surface area contributed by atoms with E-state index in [1.807, 2.05) is 11.3 Å². The van der Waals surface area contributed by atoms with E-state index in [-0.39, 0.29) is 0 Å². The summed E-state index contributed by atoms with van der Waals surface area (Å²) in [4.78, 5) is 4.92. The molecule has 2 nitrogen and oxygen atoms in total. The first-order valence-corrected chi connectivity index (χ1v) is 8.34. The fraction of sp³-hybridized carbons (Fsp3) is 0.800. The van der Waals surface area contributed by atoms with Crippen molar-refractivity contribution in [2.75, 3.05) is 6.54 Å². The average Bonchev–Trinajstić information content (AvgIpc) is 3.09. The lowest BCUT2D eigenvalue weighted by atomic mass is 9.89. The van der Waals surface area contributed by atoms with E-state index >= 15 is 0 Å². The molecule has 0 spiro atoms. The number of fused-ring (bicyclic) bond motifs is 2.